The van der Waals surface area contributed by atoms with Gasteiger partial charge in [-0.2, -0.15) is 0 Å². The zero-order chi connectivity index (χ0) is 13.5. The summed E-state index contributed by atoms with van der Waals surface area (Å²) in [5, 5.41) is 19.1. The van der Waals surface area contributed by atoms with Gasteiger partial charge in [-0.3, -0.25) is 14.3 Å². The Morgan fingerprint density at radius 1 is 1.50 bits per heavy atom. The molecule has 7 nitrogen and oxygen atoms in total. The lowest BCUT2D eigenvalue weighted by Gasteiger charge is -2.28. The van der Waals surface area contributed by atoms with E-state index < -0.39 is 35.1 Å². The van der Waals surface area contributed by atoms with Crippen molar-refractivity contribution in [1.82, 2.24) is 9.55 Å². The summed E-state index contributed by atoms with van der Waals surface area (Å²) in [4.78, 5) is 24.8. The smallest absolute Gasteiger partial charge is 0.330 e. The van der Waals surface area contributed by atoms with Gasteiger partial charge in [-0.15, -0.1) is 0 Å². The largest absolute Gasteiger partial charge is 0.394 e. The number of hydrogen-bond donors (Lipinski definition) is 3. The number of hydrogen-bond acceptors (Lipinski definition) is 5. The van der Waals surface area contributed by atoms with E-state index in [0.29, 0.717) is 0 Å². The molecule has 0 radical (unpaired) electrons. The van der Waals surface area contributed by atoms with Gasteiger partial charge in [-0.1, -0.05) is 13.8 Å². The summed E-state index contributed by atoms with van der Waals surface area (Å²) in [6.07, 6.45) is -1.07. The molecular formula is C11H16N2O5. The molecule has 1 aromatic rings. The van der Waals surface area contributed by atoms with Crippen LogP contribution in [0.15, 0.2) is 21.9 Å². The first-order valence-electron chi connectivity index (χ1n) is 5.64. The molecule has 0 aromatic carbocycles. The van der Waals surface area contributed by atoms with Gasteiger partial charge in [-0.05, 0) is 0 Å². The van der Waals surface area contributed by atoms with Gasteiger partial charge in [0.1, 0.15) is 12.3 Å². The molecular weight excluding hydrogens is 240 g/mol. The predicted octanol–water partition coefficient (Wildman–Crippen LogP) is -1.19. The molecule has 7 heteroatoms. The summed E-state index contributed by atoms with van der Waals surface area (Å²) >= 11 is 0. The van der Waals surface area contributed by atoms with E-state index in [-0.39, 0.29) is 6.61 Å². The van der Waals surface area contributed by atoms with Crippen LogP contribution in [0, 0.1) is 5.41 Å². The molecule has 0 bridgehead atoms. The summed E-state index contributed by atoms with van der Waals surface area (Å²) in [5.41, 5.74) is -1.85. The van der Waals surface area contributed by atoms with Crippen molar-refractivity contribution < 1.29 is 14.9 Å². The molecule has 0 amide bonds. The predicted molar refractivity (Wildman–Crippen MR) is 62.1 cm³/mol. The maximum atomic E-state index is 11.7. The van der Waals surface area contributed by atoms with Crippen LogP contribution < -0.4 is 11.2 Å². The van der Waals surface area contributed by atoms with Gasteiger partial charge in [-0.25, -0.2) is 4.79 Å². The molecule has 0 spiro atoms. The van der Waals surface area contributed by atoms with Gasteiger partial charge >= 0.3 is 5.69 Å². The summed E-state index contributed by atoms with van der Waals surface area (Å²) in [6.45, 7) is 3.13. The van der Waals surface area contributed by atoms with Crippen LogP contribution in [0.2, 0.25) is 0 Å². The third-order valence-electron chi connectivity index (χ3n) is 3.34. The number of aliphatic hydroxyl groups is 2. The molecule has 1 aromatic heterocycles. The zero-order valence-corrected chi connectivity index (χ0v) is 10.2. The highest BCUT2D eigenvalue weighted by Gasteiger charge is 2.50. The number of rotatable bonds is 2. The fraction of sp³-hybridized carbons (Fsp3) is 0.636. The highest BCUT2D eigenvalue weighted by Crippen LogP contribution is 2.43. The third kappa shape index (κ3) is 1.90. The quantitative estimate of drug-likeness (QED) is 0.617. The Hall–Kier alpha value is -1.44. The molecule has 3 N–H and O–H groups in total. The zero-order valence-electron chi connectivity index (χ0n) is 10.2. The van der Waals surface area contributed by atoms with Gasteiger partial charge in [0.15, 0.2) is 0 Å². The molecule has 1 aliphatic rings. The van der Waals surface area contributed by atoms with Crippen LogP contribution in [0.5, 0.6) is 0 Å². The Labute approximate surface area is 103 Å². The van der Waals surface area contributed by atoms with Crippen LogP contribution in [0.1, 0.15) is 20.1 Å². The van der Waals surface area contributed by atoms with Crippen molar-refractivity contribution in [3.8, 4) is 0 Å². The van der Waals surface area contributed by atoms with E-state index in [1.54, 1.807) is 13.8 Å². The minimum Gasteiger partial charge on any atom is -0.394 e. The molecule has 2 rings (SSSR count). The van der Waals surface area contributed by atoms with Crippen molar-refractivity contribution in [2.24, 2.45) is 5.41 Å². The van der Waals surface area contributed by atoms with Gasteiger partial charge in [0.2, 0.25) is 0 Å². The standard InChI is InChI=1S/C11H16N2O5/c1-11(2)8(16)6(5-14)18-9(11)13-4-3-7(15)12-10(13)17/h3-4,6,8-9,14,16H,5H2,1-2H3,(H,12,15,17)/t6-,8-,9?/m1/s1. The van der Waals surface area contributed by atoms with Crippen molar-refractivity contribution in [2.45, 2.75) is 32.3 Å². The van der Waals surface area contributed by atoms with Gasteiger partial charge < -0.3 is 14.9 Å². The maximum Gasteiger partial charge on any atom is 0.330 e. The third-order valence-corrected chi connectivity index (χ3v) is 3.34. The molecule has 18 heavy (non-hydrogen) atoms. The van der Waals surface area contributed by atoms with Gasteiger partial charge in [0.25, 0.3) is 5.56 Å². The number of aliphatic hydroxyl groups excluding tert-OH is 2. The maximum absolute atomic E-state index is 11.7. The van der Waals surface area contributed by atoms with E-state index in [0.717, 1.165) is 0 Å². The highest BCUT2D eigenvalue weighted by atomic mass is 16.5. The van der Waals surface area contributed by atoms with E-state index in [1.807, 2.05) is 0 Å². The Bertz CT molecular complexity index is 547. The lowest BCUT2D eigenvalue weighted by Crippen LogP contribution is -2.39. The van der Waals surface area contributed by atoms with Gasteiger partial charge in [0, 0.05) is 17.7 Å². The van der Waals surface area contributed by atoms with Crippen molar-refractivity contribution in [2.75, 3.05) is 6.61 Å². The molecule has 1 saturated heterocycles. The molecule has 0 aliphatic carbocycles. The molecule has 1 aliphatic heterocycles. The highest BCUT2D eigenvalue weighted by molar-refractivity contribution is 4.97. The minimum absolute atomic E-state index is 0.334. The number of H-pyrrole nitrogens is 1. The number of nitrogens with one attached hydrogen (secondary N) is 1. The van der Waals surface area contributed by atoms with Crippen molar-refractivity contribution in [1.29, 1.82) is 0 Å². The molecule has 1 unspecified atom stereocenters. The second-order valence-electron chi connectivity index (χ2n) is 4.99. The van der Waals surface area contributed by atoms with E-state index in [2.05, 4.69) is 4.98 Å². The average Bonchev–Trinajstić information content (AvgIpc) is 2.52. The number of ether oxygens (including phenoxy) is 1. The summed E-state index contributed by atoms with van der Waals surface area (Å²) in [6, 6.07) is 1.21. The SMILES string of the molecule is CC1(C)C(n2ccc(=O)[nH]c2=O)O[C@H](CO)[C@H]1O. The Morgan fingerprint density at radius 2 is 2.17 bits per heavy atom. The first kappa shape index (κ1) is 13.0. The van der Waals surface area contributed by atoms with Crippen LogP contribution in [-0.4, -0.2) is 38.6 Å². The Kier molecular flexibility index (Phi) is 3.14. The summed E-state index contributed by atoms with van der Waals surface area (Å²) in [5.74, 6) is 0. The molecule has 2 heterocycles. The van der Waals surface area contributed by atoms with Gasteiger partial charge in [0.05, 0.1) is 12.7 Å². The van der Waals surface area contributed by atoms with Crippen LogP contribution in [0.25, 0.3) is 0 Å². The Morgan fingerprint density at radius 3 is 2.67 bits per heavy atom. The number of aromatic nitrogens is 2. The second kappa shape index (κ2) is 4.34. The lowest BCUT2D eigenvalue weighted by molar-refractivity contribution is -0.0530. The Balaban J connectivity index is 2.45. The second-order valence-corrected chi connectivity index (χ2v) is 4.99. The number of aromatic amines is 1. The van der Waals surface area contributed by atoms with E-state index in [4.69, 9.17) is 9.84 Å². The van der Waals surface area contributed by atoms with Crippen LogP contribution in [-0.2, 0) is 4.74 Å². The first-order chi connectivity index (χ1) is 8.37. The lowest BCUT2D eigenvalue weighted by atomic mass is 9.84. The fourth-order valence-electron chi connectivity index (χ4n) is 2.22. The normalized spacial score (nSPS) is 30.6. The van der Waals surface area contributed by atoms with Crippen LogP contribution in [0.3, 0.4) is 0 Å². The van der Waals surface area contributed by atoms with E-state index in [9.17, 15) is 14.7 Å². The topological polar surface area (TPSA) is 105 Å². The fourth-order valence-corrected chi connectivity index (χ4v) is 2.22. The number of nitrogens with zero attached hydrogens (tertiary/aromatic N) is 1. The van der Waals surface area contributed by atoms with Crippen LogP contribution in [0.4, 0.5) is 0 Å². The average molecular weight is 256 g/mol. The molecule has 3 atom stereocenters. The van der Waals surface area contributed by atoms with Crippen molar-refractivity contribution >= 4 is 0 Å². The summed E-state index contributed by atoms with van der Waals surface area (Å²) < 4.78 is 6.69. The molecule has 1 fully saturated rings. The minimum atomic E-state index is -0.897. The first-order valence-corrected chi connectivity index (χ1v) is 5.64. The molecule has 100 valence electrons. The van der Waals surface area contributed by atoms with Crippen LogP contribution >= 0.6 is 0 Å². The van der Waals surface area contributed by atoms with Crippen molar-refractivity contribution in [3.63, 3.8) is 0 Å². The van der Waals surface area contributed by atoms with E-state index in [1.165, 1.54) is 16.8 Å². The summed E-state index contributed by atoms with van der Waals surface area (Å²) in [7, 11) is 0. The van der Waals surface area contributed by atoms with E-state index >= 15 is 0 Å². The molecule has 0 saturated carbocycles. The monoisotopic (exact) mass is 256 g/mol. The van der Waals surface area contributed by atoms with Crippen molar-refractivity contribution in [3.05, 3.63) is 33.1 Å².